The van der Waals surface area contributed by atoms with Crippen LogP contribution in [0.4, 0.5) is 8.78 Å². The molecule has 1 aliphatic rings. The fraction of sp³-hybridized carbons (Fsp3) is 0.235. The number of hydrogen-bond acceptors (Lipinski definition) is 2. The van der Waals surface area contributed by atoms with E-state index in [1.54, 1.807) is 0 Å². The van der Waals surface area contributed by atoms with Gasteiger partial charge in [-0.05, 0) is 48.1 Å². The predicted octanol–water partition coefficient (Wildman–Crippen LogP) is 3.85. The number of carbonyl (C=O) groups is 1. The van der Waals surface area contributed by atoms with Gasteiger partial charge in [0.15, 0.2) is 17.4 Å². The SMILES string of the molecule is O=Cc1cc(F)c(OCc2ccc3c(c2)CCC3)c(F)c1. The molecule has 3 rings (SSSR count). The van der Waals surface area contributed by atoms with Gasteiger partial charge < -0.3 is 4.74 Å². The van der Waals surface area contributed by atoms with Crippen LogP contribution >= 0.6 is 0 Å². The highest BCUT2D eigenvalue weighted by atomic mass is 19.1. The third-order valence-electron chi connectivity index (χ3n) is 3.70. The average molecular weight is 288 g/mol. The van der Waals surface area contributed by atoms with E-state index in [0.717, 1.165) is 37.0 Å². The zero-order chi connectivity index (χ0) is 14.8. The summed E-state index contributed by atoms with van der Waals surface area (Å²) in [7, 11) is 0. The Hall–Kier alpha value is -2.23. The van der Waals surface area contributed by atoms with Crippen molar-refractivity contribution < 1.29 is 18.3 Å². The number of rotatable bonds is 4. The Morgan fingerprint density at radius 1 is 1.05 bits per heavy atom. The van der Waals surface area contributed by atoms with Crippen molar-refractivity contribution in [1.82, 2.24) is 0 Å². The van der Waals surface area contributed by atoms with Crippen molar-refractivity contribution in [2.45, 2.75) is 25.9 Å². The lowest BCUT2D eigenvalue weighted by atomic mass is 10.1. The van der Waals surface area contributed by atoms with Gasteiger partial charge in [0.1, 0.15) is 12.9 Å². The van der Waals surface area contributed by atoms with Crippen molar-refractivity contribution in [3.05, 3.63) is 64.2 Å². The molecule has 0 aliphatic heterocycles. The third-order valence-corrected chi connectivity index (χ3v) is 3.70. The zero-order valence-electron chi connectivity index (χ0n) is 11.4. The highest BCUT2D eigenvalue weighted by Gasteiger charge is 2.14. The van der Waals surface area contributed by atoms with Gasteiger partial charge in [0.2, 0.25) is 0 Å². The summed E-state index contributed by atoms with van der Waals surface area (Å²) >= 11 is 0. The smallest absolute Gasteiger partial charge is 0.191 e. The van der Waals surface area contributed by atoms with E-state index in [2.05, 4.69) is 0 Å². The molecule has 21 heavy (non-hydrogen) atoms. The normalized spacial score (nSPS) is 13.0. The Bertz CT molecular complexity index is 672. The molecule has 2 nitrogen and oxygen atoms in total. The van der Waals surface area contributed by atoms with E-state index >= 15 is 0 Å². The molecule has 0 saturated carbocycles. The Labute approximate surface area is 121 Å². The molecule has 0 N–H and O–H groups in total. The van der Waals surface area contributed by atoms with E-state index in [1.165, 1.54) is 11.1 Å². The molecule has 2 aromatic rings. The van der Waals surface area contributed by atoms with Gasteiger partial charge in [0.05, 0.1) is 0 Å². The number of halogens is 2. The molecule has 0 heterocycles. The zero-order valence-corrected chi connectivity index (χ0v) is 11.4. The van der Waals surface area contributed by atoms with Gasteiger partial charge in [-0.15, -0.1) is 0 Å². The summed E-state index contributed by atoms with van der Waals surface area (Å²) in [5, 5.41) is 0. The topological polar surface area (TPSA) is 26.3 Å². The van der Waals surface area contributed by atoms with Gasteiger partial charge in [-0.2, -0.15) is 0 Å². The quantitative estimate of drug-likeness (QED) is 0.799. The summed E-state index contributed by atoms with van der Waals surface area (Å²) < 4.78 is 32.6. The number of aryl methyl sites for hydroxylation is 2. The van der Waals surface area contributed by atoms with Crippen molar-refractivity contribution in [3.8, 4) is 5.75 Å². The highest BCUT2D eigenvalue weighted by molar-refractivity contribution is 5.75. The summed E-state index contributed by atoms with van der Waals surface area (Å²) in [5.74, 6) is -2.17. The lowest BCUT2D eigenvalue weighted by Gasteiger charge is -2.10. The van der Waals surface area contributed by atoms with E-state index in [1.807, 2.05) is 18.2 Å². The maximum atomic E-state index is 13.7. The summed E-state index contributed by atoms with van der Waals surface area (Å²) in [6, 6.07) is 7.92. The molecule has 0 bridgehead atoms. The minimum atomic E-state index is -0.863. The van der Waals surface area contributed by atoms with Crippen molar-refractivity contribution in [1.29, 1.82) is 0 Å². The van der Waals surface area contributed by atoms with Gasteiger partial charge >= 0.3 is 0 Å². The van der Waals surface area contributed by atoms with Crippen molar-refractivity contribution in [3.63, 3.8) is 0 Å². The first kappa shape index (κ1) is 13.7. The molecule has 0 atom stereocenters. The first-order valence-electron chi connectivity index (χ1n) is 6.85. The van der Waals surface area contributed by atoms with Crippen LogP contribution in [0.1, 0.15) is 33.5 Å². The fourth-order valence-electron chi connectivity index (χ4n) is 2.66. The number of ether oxygens (including phenoxy) is 1. The van der Waals surface area contributed by atoms with Crippen molar-refractivity contribution in [2.75, 3.05) is 0 Å². The van der Waals surface area contributed by atoms with E-state index in [9.17, 15) is 13.6 Å². The molecular weight excluding hydrogens is 274 g/mol. The van der Waals surface area contributed by atoms with Crippen molar-refractivity contribution >= 4 is 6.29 Å². The molecule has 0 amide bonds. The summed E-state index contributed by atoms with van der Waals surface area (Å²) in [6.07, 6.45) is 3.68. The van der Waals surface area contributed by atoms with Crippen LogP contribution in [0.25, 0.3) is 0 Å². The summed E-state index contributed by atoms with van der Waals surface area (Å²) in [5.41, 5.74) is 3.46. The molecule has 0 saturated heterocycles. The minimum Gasteiger partial charge on any atom is -0.483 e. The number of benzene rings is 2. The standard InChI is InChI=1S/C17H14F2O2/c18-15-7-12(9-20)8-16(19)17(15)21-10-11-4-5-13-2-1-3-14(13)6-11/h4-9H,1-3,10H2. The number of fused-ring (bicyclic) bond motifs is 1. The second-order valence-corrected chi connectivity index (χ2v) is 5.18. The number of hydrogen-bond donors (Lipinski definition) is 0. The molecule has 0 aromatic heterocycles. The monoisotopic (exact) mass is 288 g/mol. The van der Waals surface area contributed by atoms with Crippen LogP contribution in [0.5, 0.6) is 5.75 Å². The lowest BCUT2D eigenvalue weighted by Crippen LogP contribution is -2.01. The maximum Gasteiger partial charge on any atom is 0.191 e. The first-order chi connectivity index (χ1) is 10.2. The molecule has 108 valence electrons. The van der Waals surface area contributed by atoms with Crippen LogP contribution < -0.4 is 4.74 Å². The number of carbonyl (C=O) groups excluding carboxylic acids is 1. The predicted molar refractivity (Wildman–Crippen MR) is 74.5 cm³/mol. The Kier molecular flexibility index (Phi) is 3.69. The Morgan fingerprint density at radius 3 is 2.48 bits per heavy atom. The molecule has 0 fully saturated rings. The van der Waals surface area contributed by atoms with Gasteiger partial charge in [0.25, 0.3) is 0 Å². The van der Waals surface area contributed by atoms with Gasteiger partial charge in [0, 0.05) is 5.56 Å². The van der Waals surface area contributed by atoms with Gasteiger partial charge in [-0.1, -0.05) is 18.2 Å². The van der Waals surface area contributed by atoms with Crippen LogP contribution in [-0.4, -0.2) is 6.29 Å². The highest BCUT2D eigenvalue weighted by Crippen LogP contribution is 2.26. The van der Waals surface area contributed by atoms with E-state index in [-0.39, 0.29) is 12.2 Å². The Balaban J connectivity index is 1.77. The van der Waals surface area contributed by atoms with Crippen LogP contribution in [0.2, 0.25) is 0 Å². The average Bonchev–Trinajstić information content (AvgIpc) is 2.93. The lowest BCUT2D eigenvalue weighted by molar-refractivity contribution is 0.112. The molecule has 1 aliphatic carbocycles. The number of aldehydes is 1. The summed E-state index contributed by atoms with van der Waals surface area (Å²) in [6.45, 7) is 0.0988. The van der Waals surface area contributed by atoms with Crippen molar-refractivity contribution in [2.24, 2.45) is 0 Å². The van der Waals surface area contributed by atoms with Crippen LogP contribution in [0.3, 0.4) is 0 Å². The Morgan fingerprint density at radius 2 is 1.76 bits per heavy atom. The van der Waals surface area contributed by atoms with E-state index < -0.39 is 17.4 Å². The second-order valence-electron chi connectivity index (χ2n) is 5.18. The minimum absolute atomic E-state index is 0.0464. The van der Waals surface area contributed by atoms with Gasteiger partial charge in [-0.3, -0.25) is 4.79 Å². The third kappa shape index (κ3) is 2.79. The fourth-order valence-corrected chi connectivity index (χ4v) is 2.66. The second kappa shape index (κ2) is 5.64. The van der Waals surface area contributed by atoms with Gasteiger partial charge in [-0.25, -0.2) is 8.78 Å². The first-order valence-corrected chi connectivity index (χ1v) is 6.85. The van der Waals surface area contributed by atoms with E-state index in [4.69, 9.17) is 4.74 Å². The molecule has 2 aromatic carbocycles. The molecule has 0 unspecified atom stereocenters. The van der Waals surface area contributed by atoms with E-state index in [0.29, 0.717) is 6.29 Å². The van der Waals surface area contributed by atoms with Crippen LogP contribution in [0, 0.1) is 11.6 Å². The summed E-state index contributed by atoms with van der Waals surface area (Å²) in [4.78, 5) is 10.5. The maximum absolute atomic E-state index is 13.7. The molecule has 0 spiro atoms. The van der Waals surface area contributed by atoms with Crippen LogP contribution in [-0.2, 0) is 19.4 Å². The largest absolute Gasteiger partial charge is 0.483 e. The molecule has 0 radical (unpaired) electrons. The van der Waals surface area contributed by atoms with Crippen LogP contribution in [0.15, 0.2) is 30.3 Å². The molecular formula is C17H14F2O2. The molecule has 4 heteroatoms.